The fraction of sp³-hybridized carbons (Fsp3) is 0.500. The molecule has 0 saturated heterocycles. The molecule has 0 N–H and O–H groups in total. The van der Waals surface area contributed by atoms with Gasteiger partial charge in [0.1, 0.15) is 0 Å². The second kappa shape index (κ2) is 6.74. The third-order valence-corrected chi connectivity index (χ3v) is 4.45. The molecule has 1 amide bonds. The number of nitrogens with zero attached hydrogens (tertiary/aromatic N) is 1. The predicted octanol–water partition coefficient (Wildman–Crippen LogP) is 4.13. The summed E-state index contributed by atoms with van der Waals surface area (Å²) in [4.78, 5) is 14.3. The van der Waals surface area contributed by atoms with Gasteiger partial charge in [-0.25, -0.2) is 0 Å². The smallest absolute Gasteiger partial charge is 0.246 e. The molecule has 1 aliphatic rings. The number of amides is 1. The molecule has 0 aliphatic heterocycles. The lowest BCUT2D eigenvalue weighted by Gasteiger charge is -2.33. The lowest BCUT2D eigenvalue weighted by Crippen LogP contribution is -2.38. The van der Waals surface area contributed by atoms with E-state index in [-0.39, 0.29) is 5.91 Å². The molecule has 2 nitrogen and oxygen atoms in total. The van der Waals surface area contributed by atoms with Gasteiger partial charge in [-0.3, -0.25) is 4.79 Å². The first-order valence-electron chi connectivity index (χ1n) is 7.58. The van der Waals surface area contributed by atoms with Crippen LogP contribution in [0, 0.1) is 5.92 Å². The van der Waals surface area contributed by atoms with Crippen molar-refractivity contribution in [3.8, 4) is 0 Å². The highest BCUT2D eigenvalue weighted by atomic mass is 16.2. The van der Waals surface area contributed by atoms with Gasteiger partial charge in [0.15, 0.2) is 0 Å². The number of allylic oxidation sites excluding steroid dienone is 1. The second-order valence-electron chi connectivity index (χ2n) is 6.06. The van der Waals surface area contributed by atoms with Gasteiger partial charge in [0.2, 0.25) is 5.91 Å². The fourth-order valence-electron chi connectivity index (χ4n) is 2.88. The molecule has 0 spiro atoms. The van der Waals surface area contributed by atoms with E-state index in [0.29, 0.717) is 6.04 Å². The molecule has 1 aliphatic carbocycles. The fourth-order valence-corrected chi connectivity index (χ4v) is 2.88. The molecule has 1 saturated carbocycles. The molecule has 0 heterocycles. The van der Waals surface area contributed by atoms with Gasteiger partial charge in [0.25, 0.3) is 0 Å². The summed E-state index contributed by atoms with van der Waals surface area (Å²) in [6.07, 6.45) is 6.53. The molecule has 0 unspecified atom stereocenters. The van der Waals surface area contributed by atoms with E-state index in [1.54, 1.807) is 6.08 Å². The van der Waals surface area contributed by atoms with E-state index in [9.17, 15) is 4.79 Å². The van der Waals surface area contributed by atoms with Gasteiger partial charge >= 0.3 is 0 Å². The molecule has 0 bridgehead atoms. The average Bonchev–Trinajstić information content (AvgIpc) is 2.48. The minimum absolute atomic E-state index is 0.130. The first kappa shape index (κ1) is 14.8. The third kappa shape index (κ3) is 3.72. The Morgan fingerprint density at radius 3 is 2.35 bits per heavy atom. The van der Waals surface area contributed by atoms with E-state index in [4.69, 9.17) is 0 Å². The van der Waals surface area contributed by atoms with Crippen molar-refractivity contribution in [2.75, 3.05) is 7.05 Å². The van der Waals surface area contributed by atoms with E-state index < -0.39 is 0 Å². The zero-order chi connectivity index (χ0) is 14.5. The number of hydrogen-bond donors (Lipinski definition) is 0. The van der Waals surface area contributed by atoms with Crippen LogP contribution in [0.1, 0.15) is 45.1 Å². The molecule has 20 heavy (non-hydrogen) atoms. The highest BCUT2D eigenvalue weighted by Crippen LogP contribution is 2.26. The van der Waals surface area contributed by atoms with Gasteiger partial charge in [0.05, 0.1) is 0 Å². The van der Waals surface area contributed by atoms with Crippen molar-refractivity contribution in [1.29, 1.82) is 0 Å². The van der Waals surface area contributed by atoms with Crippen LogP contribution >= 0.6 is 0 Å². The van der Waals surface area contributed by atoms with Crippen LogP contribution in [-0.4, -0.2) is 23.9 Å². The van der Waals surface area contributed by atoms with Crippen LogP contribution in [0.25, 0.3) is 5.57 Å². The lowest BCUT2D eigenvalue weighted by molar-refractivity contribution is -0.127. The van der Waals surface area contributed by atoms with Crippen LogP contribution < -0.4 is 0 Å². The lowest BCUT2D eigenvalue weighted by atomic mass is 9.86. The van der Waals surface area contributed by atoms with Crippen molar-refractivity contribution < 1.29 is 4.79 Å². The molecule has 108 valence electrons. The zero-order valence-corrected chi connectivity index (χ0v) is 12.8. The maximum absolute atomic E-state index is 12.4. The van der Waals surface area contributed by atoms with Crippen LogP contribution in [0.3, 0.4) is 0 Å². The van der Waals surface area contributed by atoms with E-state index in [1.807, 2.05) is 49.2 Å². The molecule has 2 heteroatoms. The summed E-state index contributed by atoms with van der Waals surface area (Å²) in [6, 6.07) is 10.5. The van der Waals surface area contributed by atoms with Crippen molar-refractivity contribution in [2.24, 2.45) is 5.92 Å². The van der Waals surface area contributed by atoms with Gasteiger partial charge in [0, 0.05) is 19.2 Å². The van der Waals surface area contributed by atoms with Gasteiger partial charge in [-0.15, -0.1) is 0 Å². The maximum atomic E-state index is 12.4. The summed E-state index contributed by atoms with van der Waals surface area (Å²) in [5, 5.41) is 0. The molecular weight excluding hydrogens is 246 g/mol. The summed E-state index contributed by atoms with van der Waals surface area (Å²) >= 11 is 0. The van der Waals surface area contributed by atoms with Gasteiger partial charge in [-0.2, -0.15) is 0 Å². The Hall–Kier alpha value is -1.57. The Morgan fingerprint density at radius 1 is 1.15 bits per heavy atom. The topological polar surface area (TPSA) is 20.3 Å². The summed E-state index contributed by atoms with van der Waals surface area (Å²) < 4.78 is 0. The van der Waals surface area contributed by atoms with Crippen molar-refractivity contribution in [3.05, 3.63) is 42.0 Å². The number of hydrogen-bond acceptors (Lipinski definition) is 1. The molecule has 1 aromatic carbocycles. The Balaban J connectivity index is 2.00. The van der Waals surface area contributed by atoms with E-state index >= 15 is 0 Å². The largest absolute Gasteiger partial charge is 0.339 e. The van der Waals surface area contributed by atoms with Crippen LogP contribution in [0.15, 0.2) is 36.4 Å². The number of carbonyl (C=O) groups excluding carboxylic acids is 1. The van der Waals surface area contributed by atoms with Crippen LogP contribution in [0.2, 0.25) is 0 Å². The van der Waals surface area contributed by atoms with Crippen LogP contribution in [-0.2, 0) is 4.79 Å². The SMILES string of the molecule is CC(=CC(=O)N(C)C1CCC(C)CC1)c1ccccc1. The van der Waals surface area contributed by atoms with Crippen molar-refractivity contribution in [3.63, 3.8) is 0 Å². The van der Waals surface area contributed by atoms with Crippen molar-refractivity contribution >= 4 is 11.5 Å². The van der Waals surface area contributed by atoms with Crippen LogP contribution in [0.4, 0.5) is 0 Å². The molecule has 2 rings (SSSR count). The summed E-state index contributed by atoms with van der Waals surface area (Å²) in [7, 11) is 1.94. The molecule has 1 fully saturated rings. The second-order valence-corrected chi connectivity index (χ2v) is 6.06. The molecule has 1 aromatic rings. The maximum Gasteiger partial charge on any atom is 0.246 e. The third-order valence-electron chi connectivity index (χ3n) is 4.45. The minimum atomic E-state index is 0.130. The Kier molecular flexibility index (Phi) is 4.99. The van der Waals surface area contributed by atoms with E-state index in [1.165, 1.54) is 12.8 Å². The molecule has 0 aromatic heterocycles. The van der Waals surface area contributed by atoms with Crippen LogP contribution in [0.5, 0.6) is 0 Å². The predicted molar refractivity (Wildman–Crippen MR) is 84.3 cm³/mol. The highest BCUT2D eigenvalue weighted by molar-refractivity contribution is 5.94. The van der Waals surface area contributed by atoms with Gasteiger partial charge < -0.3 is 4.90 Å². The minimum Gasteiger partial charge on any atom is -0.339 e. The van der Waals surface area contributed by atoms with Crippen molar-refractivity contribution in [2.45, 2.75) is 45.6 Å². The van der Waals surface area contributed by atoms with Crippen molar-refractivity contribution in [1.82, 2.24) is 4.90 Å². The molecule has 0 radical (unpaired) electrons. The molecular formula is C18H25NO. The normalized spacial score (nSPS) is 23.4. The zero-order valence-electron chi connectivity index (χ0n) is 12.8. The number of carbonyl (C=O) groups is 1. The van der Waals surface area contributed by atoms with E-state index in [0.717, 1.165) is 29.9 Å². The van der Waals surface area contributed by atoms with Gasteiger partial charge in [-0.1, -0.05) is 37.3 Å². The Morgan fingerprint density at radius 2 is 1.75 bits per heavy atom. The number of benzene rings is 1. The average molecular weight is 271 g/mol. The number of rotatable bonds is 3. The van der Waals surface area contributed by atoms with E-state index in [2.05, 4.69) is 6.92 Å². The number of likely N-dealkylation sites (N-methyl/N-ethyl adjacent to an activating group) is 1. The standard InChI is InChI=1S/C18H25NO/c1-14-9-11-17(12-10-14)19(3)18(20)13-15(2)16-7-5-4-6-8-16/h4-8,13-14,17H,9-12H2,1-3H3. The monoisotopic (exact) mass is 271 g/mol. The Labute approximate surface area is 122 Å². The highest BCUT2D eigenvalue weighted by Gasteiger charge is 2.23. The van der Waals surface area contributed by atoms with Gasteiger partial charge in [-0.05, 0) is 49.7 Å². The summed E-state index contributed by atoms with van der Waals surface area (Å²) in [6.45, 7) is 4.31. The first-order valence-corrected chi connectivity index (χ1v) is 7.58. The summed E-state index contributed by atoms with van der Waals surface area (Å²) in [5.74, 6) is 0.947. The Bertz CT molecular complexity index is 469. The quantitative estimate of drug-likeness (QED) is 0.757. The molecule has 0 atom stereocenters. The summed E-state index contributed by atoms with van der Waals surface area (Å²) in [5.41, 5.74) is 2.15. The first-order chi connectivity index (χ1) is 9.58.